The minimum absolute atomic E-state index is 0.0175. The summed E-state index contributed by atoms with van der Waals surface area (Å²) in [5.74, 6) is -1.68. The van der Waals surface area contributed by atoms with Gasteiger partial charge in [0, 0.05) is 5.92 Å². The van der Waals surface area contributed by atoms with Gasteiger partial charge < -0.3 is 10.8 Å². The van der Waals surface area contributed by atoms with Gasteiger partial charge in [0.05, 0.1) is 5.92 Å². The molecule has 0 aromatic heterocycles. The number of benzene rings is 2. The molecular weight excluding hydrogens is 362 g/mol. The standard InChI is InChI=1S/C25H33NO3/c1-5-20(24(28)29)15-18-11-13-19(14-12-18)16-25(3,4)22(23(26)27)17(2)21-9-7-6-8-10-21/h6-14,17,20,22H,5,15-16H2,1-4H3,(H2,26,27)(H,28,29)/t17-,20-,22-/m0/s1. The second kappa shape index (κ2) is 9.73. The van der Waals surface area contributed by atoms with Crippen molar-refractivity contribution < 1.29 is 14.7 Å². The lowest BCUT2D eigenvalue weighted by Gasteiger charge is -2.36. The van der Waals surface area contributed by atoms with Crippen LogP contribution in [-0.2, 0) is 22.4 Å². The number of carboxylic acids is 1. The van der Waals surface area contributed by atoms with Crippen LogP contribution in [0.15, 0.2) is 54.6 Å². The van der Waals surface area contributed by atoms with E-state index in [1.165, 1.54) is 0 Å². The van der Waals surface area contributed by atoms with Crippen molar-refractivity contribution in [1.29, 1.82) is 0 Å². The molecule has 2 aromatic carbocycles. The van der Waals surface area contributed by atoms with Crippen LogP contribution in [0.2, 0.25) is 0 Å². The van der Waals surface area contributed by atoms with E-state index in [0.29, 0.717) is 19.3 Å². The molecule has 0 aliphatic rings. The lowest BCUT2D eigenvalue weighted by atomic mass is 9.67. The molecule has 156 valence electrons. The minimum atomic E-state index is -0.753. The van der Waals surface area contributed by atoms with Crippen molar-refractivity contribution in [2.24, 2.45) is 23.0 Å². The third-order valence-electron chi connectivity index (χ3n) is 5.98. The molecule has 0 bridgehead atoms. The highest BCUT2D eigenvalue weighted by atomic mass is 16.4. The van der Waals surface area contributed by atoms with Gasteiger partial charge in [-0.05, 0) is 47.3 Å². The van der Waals surface area contributed by atoms with E-state index in [1.54, 1.807) is 0 Å². The molecule has 0 fully saturated rings. The molecule has 0 heterocycles. The summed E-state index contributed by atoms with van der Waals surface area (Å²) < 4.78 is 0. The van der Waals surface area contributed by atoms with Gasteiger partial charge in [0.1, 0.15) is 0 Å². The maximum absolute atomic E-state index is 12.4. The van der Waals surface area contributed by atoms with Gasteiger partial charge in [-0.1, -0.05) is 82.3 Å². The van der Waals surface area contributed by atoms with Crippen molar-refractivity contribution in [3.05, 3.63) is 71.3 Å². The Balaban J connectivity index is 2.17. The maximum atomic E-state index is 12.4. The van der Waals surface area contributed by atoms with E-state index in [-0.39, 0.29) is 29.1 Å². The average Bonchev–Trinajstić information content (AvgIpc) is 2.67. The molecule has 0 saturated heterocycles. The summed E-state index contributed by atoms with van der Waals surface area (Å²) in [5.41, 5.74) is 8.77. The van der Waals surface area contributed by atoms with Crippen LogP contribution in [0.1, 0.15) is 56.7 Å². The summed E-state index contributed by atoms with van der Waals surface area (Å²) in [4.78, 5) is 23.7. The molecule has 3 atom stereocenters. The molecule has 0 spiro atoms. The third kappa shape index (κ3) is 5.93. The maximum Gasteiger partial charge on any atom is 0.306 e. The number of nitrogens with two attached hydrogens (primary N) is 1. The minimum Gasteiger partial charge on any atom is -0.481 e. The molecule has 0 aliphatic carbocycles. The second-order valence-electron chi connectivity index (χ2n) is 8.71. The number of aliphatic carboxylic acids is 1. The van der Waals surface area contributed by atoms with Gasteiger partial charge in [-0.2, -0.15) is 0 Å². The Morgan fingerprint density at radius 3 is 2.03 bits per heavy atom. The van der Waals surface area contributed by atoms with Crippen LogP contribution < -0.4 is 5.73 Å². The van der Waals surface area contributed by atoms with Crippen molar-refractivity contribution in [1.82, 2.24) is 0 Å². The molecule has 29 heavy (non-hydrogen) atoms. The SMILES string of the molecule is CC[C@@H](Cc1ccc(CC(C)(C)[C@H](C(N)=O)[C@@H](C)c2ccccc2)cc1)C(=O)O. The van der Waals surface area contributed by atoms with Crippen LogP contribution in [0.4, 0.5) is 0 Å². The zero-order valence-corrected chi connectivity index (χ0v) is 17.9. The van der Waals surface area contributed by atoms with E-state index < -0.39 is 5.97 Å². The summed E-state index contributed by atoms with van der Waals surface area (Å²) in [5, 5.41) is 9.26. The fourth-order valence-corrected chi connectivity index (χ4v) is 4.38. The zero-order chi connectivity index (χ0) is 21.6. The number of primary amides is 1. The number of amides is 1. The summed E-state index contributed by atoms with van der Waals surface area (Å²) in [6.45, 7) is 8.14. The number of hydrogen-bond donors (Lipinski definition) is 2. The van der Waals surface area contributed by atoms with Crippen molar-refractivity contribution in [3.8, 4) is 0 Å². The third-order valence-corrected chi connectivity index (χ3v) is 5.98. The Labute approximate surface area is 174 Å². The highest BCUT2D eigenvalue weighted by Crippen LogP contribution is 2.40. The Morgan fingerprint density at radius 2 is 1.55 bits per heavy atom. The van der Waals surface area contributed by atoms with E-state index in [9.17, 15) is 14.7 Å². The van der Waals surface area contributed by atoms with E-state index >= 15 is 0 Å². The Bertz CT molecular complexity index is 812. The van der Waals surface area contributed by atoms with E-state index in [4.69, 9.17) is 5.73 Å². The van der Waals surface area contributed by atoms with Crippen molar-refractivity contribution in [2.45, 2.75) is 52.9 Å². The first-order valence-corrected chi connectivity index (χ1v) is 10.3. The molecule has 1 amide bonds. The van der Waals surface area contributed by atoms with Gasteiger partial charge in [-0.15, -0.1) is 0 Å². The number of carboxylic acid groups (broad SMARTS) is 1. The van der Waals surface area contributed by atoms with Gasteiger partial charge in [-0.25, -0.2) is 0 Å². The van der Waals surface area contributed by atoms with Crippen LogP contribution >= 0.6 is 0 Å². The number of hydrogen-bond acceptors (Lipinski definition) is 2. The zero-order valence-electron chi connectivity index (χ0n) is 17.9. The fourth-order valence-electron chi connectivity index (χ4n) is 4.38. The van der Waals surface area contributed by atoms with E-state index in [2.05, 4.69) is 20.8 Å². The van der Waals surface area contributed by atoms with Crippen LogP contribution in [0.25, 0.3) is 0 Å². The van der Waals surface area contributed by atoms with Crippen LogP contribution in [-0.4, -0.2) is 17.0 Å². The van der Waals surface area contributed by atoms with Crippen molar-refractivity contribution in [3.63, 3.8) is 0 Å². The lowest BCUT2D eigenvalue weighted by Crippen LogP contribution is -2.40. The van der Waals surface area contributed by atoms with Crippen molar-refractivity contribution in [2.75, 3.05) is 0 Å². The monoisotopic (exact) mass is 395 g/mol. The Morgan fingerprint density at radius 1 is 1.00 bits per heavy atom. The second-order valence-corrected chi connectivity index (χ2v) is 8.71. The number of carbonyl (C=O) groups excluding carboxylic acids is 1. The van der Waals surface area contributed by atoms with Crippen molar-refractivity contribution >= 4 is 11.9 Å². The molecule has 2 rings (SSSR count). The Kier molecular flexibility index (Phi) is 7.60. The van der Waals surface area contributed by atoms with Crippen LogP contribution in [0.5, 0.6) is 0 Å². The summed E-state index contributed by atoms with van der Waals surface area (Å²) >= 11 is 0. The highest BCUT2D eigenvalue weighted by molar-refractivity contribution is 5.78. The largest absolute Gasteiger partial charge is 0.481 e. The van der Waals surface area contributed by atoms with Crippen LogP contribution in [0.3, 0.4) is 0 Å². The molecule has 0 unspecified atom stereocenters. The first kappa shape index (κ1) is 22.7. The van der Waals surface area contributed by atoms with Gasteiger partial charge in [-0.3, -0.25) is 9.59 Å². The van der Waals surface area contributed by atoms with Gasteiger partial charge in [0.25, 0.3) is 0 Å². The molecule has 3 N–H and O–H groups in total. The van der Waals surface area contributed by atoms with E-state index in [1.807, 2.05) is 61.5 Å². The molecule has 0 radical (unpaired) electrons. The van der Waals surface area contributed by atoms with Gasteiger partial charge >= 0.3 is 5.97 Å². The predicted molar refractivity (Wildman–Crippen MR) is 117 cm³/mol. The molecule has 4 nitrogen and oxygen atoms in total. The average molecular weight is 396 g/mol. The molecule has 0 aliphatic heterocycles. The molecule has 0 saturated carbocycles. The first-order chi connectivity index (χ1) is 13.7. The van der Waals surface area contributed by atoms with Gasteiger partial charge in [0.15, 0.2) is 0 Å². The fraction of sp³-hybridized carbons (Fsp3) is 0.440. The quantitative estimate of drug-likeness (QED) is 0.605. The molecular formula is C25H33NO3. The number of carbonyl (C=O) groups is 2. The lowest BCUT2D eigenvalue weighted by molar-refractivity contribution is -0.141. The smallest absolute Gasteiger partial charge is 0.306 e. The first-order valence-electron chi connectivity index (χ1n) is 10.3. The number of rotatable bonds is 10. The Hall–Kier alpha value is -2.62. The summed E-state index contributed by atoms with van der Waals surface area (Å²) in [6.07, 6.45) is 1.86. The summed E-state index contributed by atoms with van der Waals surface area (Å²) in [6, 6.07) is 18.1. The van der Waals surface area contributed by atoms with Gasteiger partial charge in [0.2, 0.25) is 5.91 Å². The molecule has 4 heteroatoms. The molecule has 2 aromatic rings. The predicted octanol–water partition coefficient (Wildman–Crippen LogP) is 4.81. The summed E-state index contributed by atoms with van der Waals surface area (Å²) in [7, 11) is 0. The topological polar surface area (TPSA) is 80.4 Å². The van der Waals surface area contributed by atoms with E-state index in [0.717, 1.165) is 16.7 Å². The normalized spacial score (nSPS) is 14.8. The highest BCUT2D eigenvalue weighted by Gasteiger charge is 2.38. The van der Waals surface area contributed by atoms with Crippen LogP contribution in [0, 0.1) is 17.3 Å².